The zero-order valence-electron chi connectivity index (χ0n) is 9.16. The second-order valence-electron chi connectivity index (χ2n) is 4.96. The largest absolute Gasteiger partial charge is 0.322 e. The normalized spacial score (nSPS) is 28.3. The molecular formula is C11H18N4. The zero-order valence-corrected chi connectivity index (χ0v) is 9.16. The van der Waals surface area contributed by atoms with Crippen LogP contribution in [-0.2, 0) is 6.54 Å². The number of hydrogen-bond donors (Lipinski definition) is 2. The molecule has 1 saturated heterocycles. The lowest BCUT2D eigenvalue weighted by molar-refractivity contribution is 0.158. The van der Waals surface area contributed by atoms with Gasteiger partial charge in [-0.2, -0.15) is 5.10 Å². The summed E-state index contributed by atoms with van der Waals surface area (Å²) >= 11 is 0. The van der Waals surface area contributed by atoms with Crippen LogP contribution in [0.3, 0.4) is 0 Å². The van der Waals surface area contributed by atoms with Crippen molar-refractivity contribution in [3.8, 4) is 0 Å². The molecule has 4 heteroatoms. The van der Waals surface area contributed by atoms with Crippen LogP contribution in [0.25, 0.3) is 0 Å². The van der Waals surface area contributed by atoms with E-state index in [-0.39, 0.29) is 11.5 Å². The Morgan fingerprint density at radius 2 is 2.27 bits per heavy atom. The van der Waals surface area contributed by atoms with Crippen LogP contribution in [0.15, 0.2) is 6.20 Å². The van der Waals surface area contributed by atoms with Crippen LogP contribution < -0.4 is 11.1 Å². The highest BCUT2D eigenvalue weighted by atomic mass is 15.3. The van der Waals surface area contributed by atoms with Crippen LogP contribution >= 0.6 is 0 Å². The third-order valence-electron chi connectivity index (χ3n) is 4.09. The van der Waals surface area contributed by atoms with Crippen molar-refractivity contribution in [2.45, 2.75) is 32.4 Å². The molecule has 2 aliphatic rings. The first-order valence-electron chi connectivity index (χ1n) is 5.72. The van der Waals surface area contributed by atoms with Crippen molar-refractivity contribution in [3.05, 3.63) is 17.5 Å². The molecule has 3 N–H and O–H groups in total. The second-order valence-corrected chi connectivity index (χ2v) is 4.96. The van der Waals surface area contributed by atoms with Crippen molar-refractivity contribution < 1.29 is 0 Å². The van der Waals surface area contributed by atoms with Gasteiger partial charge in [-0.15, -0.1) is 0 Å². The molecule has 0 unspecified atom stereocenters. The Kier molecular flexibility index (Phi) is 1.91. The summed E-state index contributed by atoms with van der Waals surface area (Å²) in [5.41, 5.74) is 9.20. The first-order chi connectivity index (χ1) is 7.23. The van der Waals surface area contributed by atoms with E-state index in [9.17, 15) is 0 Å². The molecule has 1 aromatic heterocycles. The maximum absolute atomic E-state index is 6.41. The van der Waals surface area contributed by atoms with Crippen molar-refractivity contribution >= 4 is 0 Å². The average molecular weight is 206 g/mol. The maximum atomic E-state index is 6.41. The summed E-state index contributed by atoms with van der Waals surface area (Å²) in [5, 5.41) is 7.82. The lowest BCUT2D eigenvalue weighted by atomic mass is 9.74. The van der Waals surface area contributed by atoms with Crippen molar-refractivity contribution in [1.29, 1.82) is 0 Å². The highest BCUT2D eigenvalue weighted by Crippen LogP contribution is 2.47. The molecular weight excluding hydrogens is 188 g/mol. The minimum Gasteiger partial charge on any atom is -0.322 e. The molecule has 0 bridgehead atoms. The second kappa shape index (κ2) is 3.06. The molecule has 3 heterocycles. The Morgan fingerprint density at radius 3 is 2.93 bits per heavy atom. The van der Waals surface area contributed by atoms with Gasteiger partial charge < -0.3 is 11.1 Å². The van der Waals surface area contributed by atoms with Gasteiger partial charge in [0.2, 0.25) is 0 Å². The van der Waals surface area contributed by atoms with E-state index in [1.54, 1.807) is 0 Å². The molecule has 0 aliphatic carbocycles. The van der Waals surface area contributed by atoms with Gasteiger partial charge >= 0.3 is 0 Å². The van der Waals surface area contributed by atoms with Crippen LogP contribution in [-0.4, -0.2) is 22.9 Å². The van der Waals surface area contributed by atoms with E-state index < -0.39 is 0 Å². The number of nitrogens with zero attached hydrogens (tertiary/aromatic N) is 2. The molecule has 3 rings (SSSR count). The van der Waals surface area contributed by atoms with E-state index >= 15 is 0 Å². The summed E-state index contributed by atoms with van der Waals surface area (Å²) in [6.07, 6.45) is 4.29. The number of piperidine rings is 1. The van der Waals surface area contributed by atoms with Gasteiger partial charge in [-0.25, -0.2) is 0 Å². The molecule has 1 spiro atoms. The molecule has 82 valence electrons. The Hall–Kier alpha value is -0.870. The number of rotatable bonds is 0. The van der Waals surface area contributed by atoms with Gasteiger partial charge in [-0.3, -0.25) is 4.68 Å². The summed E-state index contributed by atoms with van der Waals surface area (Å²) in [6, 6.07) is 0.182. The third-order valence-corrected chi connectivity index (χ3v) is 4.09. The number of hydrogen-bond acceptors (Lipinski definition) is 3. The van der Waals surface area contributed by atoms with Gasteiger partial charge in [0.25, 0.3) is 0 Å². The van der Waals surface area contributed by atoms with E-state index in [1.165, 1.54) is 24.1 Å². The number of aryl methyl sites for hydroxylation is 1. The van der Waals surface area contributed by atoms with Gasteiger partial charge in [-0.1, -0.05) is 0 Å². The molecule has 15 heavy (non-hydrogen) atoms. The van der Waals surface area contributed by atoms with E-state index in [1.807, 2.05) is 6.20 Å². The first kappa shape index (κ1) is 9.36. The monoisotopic (exact) mass is 206 g/mol. The van der Waals surface area contributed by atoms with Crippen molar-refractivity contribution in [2.24, 2.45) is 11.1 Å². The third kappa shape index (κ3) is 1.18. The summed E-state index contributed by atoms with van der Waals surface area (Å²) in [5.74, 6) is 0. The number of nitrogens with two attached hydrogens (primary N) is 1. The number of fused-ring (bicyclic) bond motifs is 1. The topological polar surface area (TPSA) is 55.9 Å². The predicted molar refractivity (Wildman–Crippen MR) is 58.4 cm³/mol. The molecule has 0 amide bonds. The number of aromatic nitrogens is 2. The lowest BCUT2D eigenvalue weighted by Gasteiger charge is -2.36. The van der Waals surface area contributed by atoms with Crippen LogP contribution in [0.5, 0.6) is 0 Å². The molecule has 2 aliphatic heterocycles. The standard InChI is InChI=1S/C11H18N4/c1-8-6-14-15-7-11(10(12)9(8)15)2-4-13-5-3-11/h6,10,13H,2-5,7,12H2,1H3/t10-/m1/s1. The SMILES string of the molecule is Cc1cnn2c1[C@@H](N)C1(CCNCC1)C2. The fraction of sp³-hybridized carbons (Fsp3) is 0.727. The van der Waals surface area contributed by atoms with E-state index in [0.29, 0.717) is 0 Å². The minimum absolute atomic E-state index is 0.182. The Morgan fingerprint density at radius 1 is 1.53 bits per heavy atom. The molecule has 1 aromatic rings. The average Bonchev–Trinajstić information content (AvgIpc) is 2.71. The van der Waals surface area contributed by atoms with Crippen LogP contribution in [0.1, 0.15) is 30.1 Å². The van der Waals surface area contributed by atoms with Gasteiger partial charge in [0.05, 0.1) is 17.9 Å². The zero-order chi connectivity index (χ0) is 10.5. The van der Waals surface area contributed by atoms with Gasteiger partial charge in [0, 0.05) is 12.0 Å². The Labute approximate surface area is 89.8 Å². The quantitative estimate of drug-likeness (QED) is 0.652. The van der Waals surface area contributed by atoms with Gasteiger partial charge in [0.1, 0.15) is 0 Å². The maximum Gasteiger partial charge on any atom is 0.0587 e. The van der Waals surface area contributed by atoms with Crippen molar-refractivity contribution in [3.63, 3.8) is 0 Å². The Bertz CT molecular complexity index is 376. The summed E-state index contributed by atoms with van der Waals surface area (Å²) in [4.78, 5) is 0. The lowest BCUT2D eigenvalue weighted by Crippen LogP contribution is -2.42. The fourth-order valence-electron chi connectivity index (χ4n) is 3.10. The molecule has 4 nitrogen and oxygen atoms in total. The summed E-state index contributed by atoms with van der Waals surface area (Å²) < 4.78 is 2.12. The number of nitrogens with one attached hydrogen (secondary N) is 1. The summed E-state index contributed by atoms with van der Waals surface area (Å²) in [6.45, 7) is 5.31. The predicted octanol–water partition coefficient (Wildman–Crippen LogP) is 0.575. The highest BCUT2D eigenvalue weighted by Gasteiger charge is 2.46. The molecule has 0 radical (unpaired) electrons. The smallest absolute Gasteiger partial charge is 0.0587 e. The highest BCUT2D eigenvalue weighted by molar-refractivity contribution is 5.26. The van der Waals surface area contributed by atoms with Gasteiger partial charge in [-0.05, 0) is 38.4 Å². The van der Waals surface area contributed by atoms with Crippen molar-refractivity contribution in [2.75, 3.05) is 13.1 Å². The Balaban J connectivity index is 1.98. The van der Waals surface area contributed by atoms with Crippen molar-refractivity contribution in [1.82, 2.24) is 15.1 Å². The minimum atomic E-state index is 0.182. The van der Waals surface area contributed by atoms with Crippen LogP contribution in [0, 0.1) is 12.3 Å². The molecule has 1 fully saturated rings. The first-order valence-corrected chi connectivity index (χ1v) is 5.72. The fourth-order valence-corrected chi connectivity index (χ4v) is 3.10. The van der Waals surface area contributed by atoms with E-state index in [0.717, 1.165) is 19.6 Å². The molecule has 0 saturated carbocycles. The van der Waals surface area contributed by atoms with E-state index in [4.69, 9.17) is 5.73 Å². The van der Waals surface area contributed by atoms with E-state index in [2.05, 4.69) is 22.0 Å². The van der Waals surface area contributed by atoms with Gasteiger partial charge in [0.15, 0.2) is 0 Å². The summed E-state index contributed by atoms with van der Waals surface area (Å²) in [7, 11) is 0. The molecule has 1 atom stereocenters. The molecule has 0 aromatic carbocycles. The van der Waals surface area contributed by atoms with Crippen LogP contribution in [0.4, 0.5) is 0 Å². The van der Waals surface area contributed by atoms with Crippen LogP contribution in [0.2, 0.25) is 0 Å².